The predicted octanol–water partition coefficient (Wildman–Crippen LogP) is 4.34. The molecule has 3 rings (SSSR count). The van der Waals surface area contributed by atoms with E-state index in [9.17, 15) is 22.8 Å². The molecule has 206 valence electrons. The summed E-state index contributed by atoms with van der Waals surface area (Å²) in [5.74, 6) is -0.337. The van der Waals surface area contributed by atoms with Gasteiger partial charge in [-0.2, -0.15) is 0 Å². The summed E-state index contributed by atoms with van der Waals surface area (Å²) in [6.07, 6.45) is 8.50. The second-order valence-electron chi connectivity index (χ2n) is 10.7. The first-order valence-corrected chi connectivity index (χ1v) is 15.3. The van der Waals surface area contributed by atoms with Gasteiger partial charge in [0.25, 0.3) is 5.91 Å². The Morgan fingerprint density at radius 2 is 1.68 bits per heavy atom. The molecule has 2 aromatic rings. The fraction of sp³-hybridized carbons (Fsp3) is 0.517. The van der Waals surface area contributed by atoms with Crippen LogP contribution in [0.25, 0.3) is 0 Å². The summed E-state index contributed by atoms with van der Waals surface area (Å²) in [5.41, 5.74) is 3.02. The highest BCUT2D eigenvalue weighted by Gasteiger charge is 2.41. The molecule has 0 bridgehead atoms. The first-order valence-electron chi connectivity index (χ1n) is 13.2. The zero-order valence-corrected chi connectivity index (χ0v) is 23.6. The monoisotopic (exact) mass is 541 g/mol. The lowest BCUT2D eigenvalue weighted by molar-refractivity contribution is -0.134. The summed E-state index contributed by atoms with van der Waals surface area (Å²) in [6, 6.07) is 8.40. The van der Waals surface area contributed by atoms with E-state index in [1.165, 1.54) is 13.2 Å². The van der Waals surface area contributed by atoms with Crippen LogP contribution in [-0.4, -0.2) is 49.0 Å². The van der Waals surface area contributed by atoms with E-state index in [-0.39, 0.29) is 23.4 Å². The maximum atomic E-state index is 13.4. The zero-order chi connectivity index (χ0) is 27.9. The van der Waals surface area contributed by atoms with Crippen molar-refractivity contribution in [1.29, 1.82) is 0 Å². The summed E-state index contributed by atoms with van der Waals surface area (Å²) in [5, 5.41) is 5.90. The lowest BCUT2D eigenvalue weighted by atomic mass is 9.79. The molecule has 8 nitrogen and oxygen atoms in total. The maximum Gasteiger partial charge on any atom is 0.257 e. The van der Waals surface area contributed by atoms with Gasteiger partial charge >= 0.3 is 0 Å². The number of aromatic nitrogens is 1. The minimum Gasteiger partial charge on any atom is -0.345 e. The Hall–Kier alpha value is -3.07. The largest absolute Gasteiger partial charge is 0.345 e. The Morgan fingerprint density at radius 1 is 1.03 bits per heavy atom. The number of carbonyl (C=O) groups excluding carboxylic acids is 3. The number of rotatable bonds is 12. The van der Waals surface area contributed by atoms with Crippen molar-refractivity contribution in [2.75, 3.05) is 17.3 Å². The van der Waals surface area contributed by atoms with Crippen molar-refractivity contribution in [2.45, 2.75) is 78.2 Å². The summed E-state index contributed by atoms with van der Waals surface area (Å²) < 4.78 is 22.9. The topological polar surface area (TPSA) is 122 Å². The number of nitrogens with zero attached hydrogens (tertiary/aromatic N) is 1. The third kappa shape index (κ3) is 7.96. The molecule has 1 aliphatic carbocycles. The van der Waals surface area contributed by atoms with Crippen molar-refractivity contribution < 1.29 is 22.8 Å². The van der Waals surface area contributed by atoms with E-state index in [1.54, 1.807) is 31.3 Å². The molecule has 2 N–H and O–H groups in total. The maximum absolute atomic E-state index is 13.4. The number of nitrogens with one attached hydrogen (secondary N) is 2. The highest BCUT2D eigenvalue weighted by molar-refractivity contribution is 7.90. The number of hydrogen-bond donors (Lipinski definition) is 2. The van der Waals surface area contributed by atoms with Gasteiger partial charge < -0.3 is 10.6 Å². The van der Waals surface area contributed by atoms with E-state index in [0.717, 1.165) is 36.8 Å². The van der Waals surface area contributed by atoms with Gasteiger partial charge in [0, 0.05) is 29.3 Å². The Bertz CT molecular complexity index is 1250. The molecule has 0 saturated heterocycles. The number of aryl methyl sites for hydroxylation is 2. The van der Waals surface area contributed by atoms with Crippen LogP contribution in [0, 0.1) is 19.3 Å². The Labute approximate surface area is 225 Å². The smallest absolute Gasteiger partial charge is 0.257 e. The number of anilines is 1. The molecular weight excluding hydrogens is 502 g/mol. The van der Waals surface area contributed by atoms with Crippen LogP contribution in [0.4, 0.5) is 5.69 Å². The van der Waals surface area contributed by atoms with Gasteiger partial charge in [-0.1, -0.05) is 31.4 Å². The van der Waals surface area contributed by atoms with Gasteiger partial charge in [0.05, 0.1) is 17.3 Å². The van der Waals surface area contributed by atoms with Gasteiger partial charge in [-0.15, -0.1) is 0 Å². The Balaban J connectivity index is 1.63. The van der Waals surface area contributed by atoms with Crippen LogP contribution in [0.2, 0.25) is 0 Å². The second kappa shape index (κ2) is 12.7. The summed E-state index contributed by atoms with van der Waals surface area (Å²) in [6.45, 7) is 5.15. The molecule has 0 radical (unpaired) electrons. The standard InChI is InChI=1S/C29H39N3O5S/c1-20-13-17-30-21(2)26(20)27(34)31-24-11-9-23(10-12-24)19-25(22(3)33)32-28(35)29(14-5-6-15-29)16-7-8-18-38(4,36)37/h9-13,17,25H,5-8,14-16,18-19H2,1-4H3,(H,31,34)(H,32,35)/t25-/m0/s1. The molecule has 0 aliphatic heterocycles. The van der Waals surface area contributed by atoms with E-state index in [0.29, 0.717) is 42.6 Å². The number of benzene rings is 1. The summed E-state index contributed by atoms with van der Waals surface area (Å²) in [4.78, 5) is 42.8. The average Bonchev–Trinajstić information content (AvgIpc) is 3.32. The van der Waals surface area contributed by atoms with E-state index in [1.807, 2.05) is 19.1 Å². The van der Waals surface area contributed by atoms with Crippen molar-refractivity contribution >= 4 is 33.1 Å². The number of hydrogen-bond acceptors (Lipinski definition) is 6. The second-order valence-corrected chi connectivity index (χ2v) is 12.9. The van der Waals surface area contributed by atoms with Crippen molar-refractivity contribution in [3.05, 3.63) is 58.9 Å². The number of unbranched alkanes of at least 4 members (excludes halogenated alkanes) is 1. The van der Waals surface area contributed by atoms with Crippen molar-refractivity contribution in [3.8, 4) is 0 Å². The fourth-order valence-electron chi connectivity index (χ4n) is 5.27. The summed E-state index contributed by atoms with van der Waals surface area (Å²) in [7, 11) is -3.02. The minimum absolute atomic E-state index is 0.111. The molecular formula is C29H39N3O5S. The first-order chi connectivity index (χ1) is 17.9. The molecule has 9 heteroatoms. The number of Topliss-reactive ketones (excluding diaryl/α,β-unsaturated/α-hetero) is 1. The lowest BCUT2D eigenvalue weighted by Crippen LogP contribution is -2.48. The molecule has 38 heavy (non-hydrogen) atoms. The van der Waals surface area contributed by atoms with E-state index in [2.05, 4.69) is 15.6 Å². The van der Waals surface area contributed by atoms with Crippen molar-refractivity contribution in [1.82, 2.24) is 10.3 Å². The molecule has 1 atom stereocenters. The highest BCUT2D eigenvalue weighted by Crippen LogP contribution is 2.42. The molecule has 1 aromatic heterocycles. The molecule has 1 aromatic carbocycles. The van der Waals surface area contributed by atoms with Crippen LogP contribution in [-0.2, 0) is 25.8 Å². The predicted molar refractivity (Wildman–Crippen MR) is 149 cm³/mol. The third-order valence-corrected chi connectivity index (χ3v) is 8.52. The summed E-state index contributed by atoms with van der Waals surface area (Å²) >= 11 is 0. The van der Waals surface area contributed by atoms with Gasteiger partial charge in [0.15, 0.2) is 5.78 Å². The Kier molecular flexibility index (Phi) is 9.82. The van der Waals surface area contributed by atoms with Crippen LogP contribution in [0.1, 0.15) is 79.0 Å². The molecule has 1 aliphatic rings. The molecule has 2 amide bonds. The first kappa shape index (κ1) is 29.5. The average molecular weight is 542 g/mol. The van der Waals surface area contributed by atoms with Crippen LogP contribution >= 0.6 is 0 Å². The minimum atomic E-state index is -3.02. The lowest BCUT2D eigenvalue weighted by Gasteiger charge is -2.30. The third-order valence-electron chi connectivity index (χ3n) is 7.49. The molecule has 1 heterocycles. The normalized spacial score (nSPS) is 15.6. The van der Waals surface area contributed by atoms with Gasteiger partial charge in [-0.25, -0.2) is 8.42 Å². The van der Waals surface area contributed by atoms with Crippen LogP contribution in [0.3, 0.4) is 0 Å². The zero-order valence-electron chi connectivity index (χ0n) is 22.8. The number of carbonyl (C=O) groups is 3. The number of amides is 2. The van der Waals surface area contributed by atoms with Gasteiger partial charge in [0.2, 0.25) is 5.91 Å². The molecule has 0 unspecified atom stereocenters. The van der Waals surface area contributed by atoms with Crippen LogP contribution < -0.4 is 10.6 Å². The van der Waals surface area contributed by atoms with E-state index >= 15 is 0 Å². The van der Waals surface area contributed by atoms with Crippen LogP contribution in [0.15, 0.2) is 36.5 Å². The van der Waals surface area contributed by atoms with Gasteiger partial charge in [0.1, 0.15) is 9.84 Å². The van der Waals surface area contributed by atoms with Crippen molar-refractivity contribution in [3.63, 3.8) is 0 Å². The quantitative estimate of drug-likeness (QED) is 0.386. The molecule has 0 spiro atoms. The van der Waals surface area contributed by atoms with Gasteiger partial charge in [-0.05, 0) is 82.2 Å². The van der Waals surface area contributed by atoms with Crippen LogP contribution in [0.5, 0.6) is 0 Å². The molecule has 1 saturated carbocycles. The van der Waals surface area contributed by atoms with Gasteiger partial charge in [-0.3, -0.25) is 19.4 Å². The number of ketones is 1. The Morgan fingerprint density at radius 3 is 2.26 bits per heavy atom. The number of sulfone groups is 1. The number of pyridine rings is 1. The fourth-order valence-corrected chi connectivity index (χ4v) is 6.00. The highest BCUT2D eigenvalue weighted by atomic mass is 32.2. The van der Waals surface area contributed by atoms with Crippen molar-refractivity contribution in [2.24, 2.45) is 5.41 Å². The SMILES string of the molecule is CC(=O)[C@H](Cc1ccc(NC(=O)c2c(C)ccnc2C)cc1)NC(=O)C1(CCCCS(C)(=O)=O)CCCC1. The van der Waals surface area contributed by atoms with E-state index in [4.69, 9.17) is 0 Å². The van der Waals surface area contributed by atoms with E-state index < -0.39 is 21.3 Å². The molecule has 1 fully saturated rings.